The van der Waals surface area contributed by atoms with Gasteiger partial charge >= 0.3 is 0 Å². The van der Waals surface area contributed by atoms with Gasteiger partial charge in [0, 0.05) is 54.7 Å². The van der Waals surface area contributed by atoms with E-state index >= 15 is 0 Å². The number of hydrogen-bond acceptors (Lipinski definition) is 9. The summed E-state index contributed by atoms with van der Waals surface area (Å²) in [4.78, 5) is 13.3. The number of hydrazone groups is 1. The number of nitrogens with one attached hydrogen (secondary N) is 1. The van der Waals surface area contributed by atoms with Crippen LogP contribution in [0.2, 0.25) is 0 Å². The summed E-state index contributed by atoms with van der Waals surface area (Å²) < 4.78 is 23.8. The molecule has 0 radical (unpaired) electrons. The highest BCUT2D eigenvalue weighted by atomic mass is 16.5. The van der Waals surface area contributed by atoms with Crippen LogP contribution in [-0.2, 0) is 0 Å². The third-order valence-corrected chi connectivity index (χ3v) is 5.85. The standard InChI is InChI=1S/C31H25N5O4/c1-21-18-27(36-35-21)26-12-6-14-29(33-26)38-23-9-5-11-25(20-23)40-31-16-7-15-30(34-31)39-24-10-4-8-22(19-24)37-28-13-2-3-17-32-28/h2-17,19-20,27,36H,18H2,1H3. The first kappa shape index (κ1) is 24.9. The Morgan fingerprint density at radius 2 is 1.12 bits per heavy atom. The first-order chi connectivity index (χ1) is 19.7. The molecule has 0 bridgehead atoms. The predicted molar refractivity (Wildman–Crippen MR) is 149 cm³/mol. The molecule has 3 aromatic heterocycles. The summed E-state index contributed by atoms with van der Waals surface area (Å²) in [6, 6.07) is 31.1. The Morgan fingerprint density at radius 3 is 1.68 bits per heavy atom. The van der Waals surface area contributed by atoms with E-state index in [1.807, 2.05) is 79.7 Å². The molecular weight excluding hydrogens is 506 g/mol. The smallest absolute Gasteiger partial charge is 0.222 e. The summed E-state index contributed by atoms with van der Waals surface area (Å²) in [6.45, 7) is 1.99. The number of benzene rings is 2. The number of ether oxygens (including phenoxy) is 4. The fourth-order valence-electron chi connectivity index (χ4n) is 4.03. The van der Waals surface area contributed by atoms with Crippen LogP contribution in [0.25, 0.3) is 0 Å². The van der Waals surface area contributed by atoms with Gasteiger partial charge in [0.15, 0.2) is 0 Å². The quantitative estimate of drug-likeness (QED) is 0.209. The molecular formula is C31H25N5O4. The lowest BCUT2D eigenvalue weighted by molar-refractivity contribution is 0.417. The monoisotopic (exact) mass is 531 g/mol. The maximum atomic E-state index is 6.02. The van der Waals surface area contributed by atoms with Gasteiger partial charge in [-0.15, -0.1) is 0 Å². The van der Waals surface area contributed by atoms with E-state index in [0.717, 1.165) is 17.8 Å². The molecule has 1 unspecified atom stereocenters. The van der Waals surface area contributed by atoms with Crippen LogP contribution in [0.3, 0.4) is 0 Å². The molecule has 4 heterocycles. The van der Waals surface area contributed by atoms with Gasteiger partial charge in [0.2, 0.25) is 23.5 Å². The van der Waals surface area contributed by atoms with Crippen molar-refractivity contribution in [1.82, 2.24) is 20.4 Å². The van der Waals surface area contributed by atoms with Gasteiger partial charge in [-0.1, -0.05) is 30.3 Å². The van der Waals surface area contributed by atoms with Gasteiger partial charge in [0.1, 0.15) is 23.0 Å². The zero-order valence-electron chi connectivity index (χ0n) is 21.6. The van der Waals surface area contributed by atoms with E-state index < -0.39 is 0 Å². The average molecular weight is 532 g/mol. The number of aromatic nitrogens is 3. The van der Waals surface area contributed by atoms with Crippen molar-refractivity contribution in [2.24, 2.45) is 5.10 Å². The van der Waals surface area contributed by atoms with Crippen LogP contribution in [0.15, 0.2) is 114 Å². The Balaban J connectivity index is 1.11. The lowest BCUT2D eigenvalue weighted by atomic mass is 10.1. The van der Waals surface area contributed by atoms with E-state index in [2.05, 4.69) is 25.5 Å². The van der Waals surface area contributed by atoms with Gasteiger partial charge in [-0.25, -0.2) is 9.97 Å². The second kappa shape index (κ2) is 11.5. The van der Waals surface area contributed by atoms with Gasteiger partial charge in [0.25, 0.3) is 0 Å². The molecule has 198 valence electrons. The summed E-state index contributed by atoms with van der Waals surface area (Å²) in [5.74, 6) is 4.05. The van der Waals surface area contributed by atoms with Crippen molar-refractivity contribution in [2.75, 3.05) is 0 Å². The molecule has 1 aliphatic rings. The van der Waals surface area contributed by atoms with Gasteiger partial charge in [0.05, 0.1) is 11.7 Å². The minimum atomic E-state index is 0.0506. The lowest BCUT2D eigenvalue weighted by Crippen LogP contribution is -2.11. The van der Waals surface area contributed by atoms with Gasteiger partial charge in [-0.3, -0.25) is 0 Å². The normalized spacial score (nSPS) is 14.1. The summed E-state index contributed by atoms with van der Waals surface area (Å²) in [5, 5.41) is 4.25. The first-order valence-electron chi connectivity index (χ1n) is 12.7. The largest absolute Gasteiger partial charge is 0.439 e. The van der Waals surface area contributed by atoms with Gasteiger partial charge in [-0.2, -0.15) is 10.1 Å². The van der Waals surface area contributed by atoms with Crippen LogP contribution in [0.5, 0.6) is 46.5 Å². The average Bonchev–Trinajstić information content (AvgIpc) is 3.41. The number of nitrogens with zero attached hydrogens (tertiary/aromatic N) is 4. The van der Waals surface area contributed by atoms with E-state index in [0.29, 0.717) is 46.5 Å². The molecule has 5 aromatic rings. The van der Waals surface area contributed by atoms with Crippen LogP contribution in [-0.4, -0.2) is 20.7 Å². The van der Waals surface area contributed by atoms with Gasteiger partial charge in [-0.05, 0) is 43.3 Å². The second-order valence-electron chi connectivity index (χ2n) is 8.97. The highest BCUT2D eigenvalue weighted by molar-refractivity contribution is 5.83. The van der Waals surface area contributed by atoms with E-state index in [9.17, 15) is 0 Å². The van der Waals surface area contributed by atoms with E-state index in [-0.39, 0.29) is 6.04 Å². The third-order valence-electron chi connectivity index (χ3n) is 5.85. The van der Waals surface area contributed by atoms with E-state index in [1.54, 1.807) is 36.5 Å². The van der Waals surface area contributed by atoms with Crippen molar-refractivity contribution < 1.29 is 18.9 Å². The summed E-state index contributed by atoms with van der Waals surface area (Å²) in [6.07, 6.45) is 2.49. The minimum Gasteiger partial charge on any atom is -0.439 e. The van der Waals surface area contributed by atoms with Crippen molar-refractivity contribution in [3.8, 4) is 46.5 Å². The Hall–Kier alpha value is -5.44. The zero-order valence-corrected chi connectivity index (χ0v) is 21.6. The minimum absolute atomic E-state index is 0.0506. The molecule has 0 aliphatic carbocycles. The molecule has 0 spiro atoms. The summed E-state index contributed by atoms with van der Waals surface area (Å²) >= 11 is 0. The van der Waals surface area contributed by atoms with E-state index in [1.165, 1.54) is 0 Å². The predicted octanol–water partition coefficient (Wildman–Crippen LogP) is 7.45. The lowest BCUT2D eigenvalue weighted by Gasteiger charge is -2.12. The highest BCUT2D eigenvalue weighted by Gasteiger charge is 2.19. The molecule has 40 heavy (non-hydrogen) atoms. The Labute approximate surface area is 231 Å². The highest BCUT2D eigenvalue weighted by Crippen LogP contribution is 2.31. The van der Waals surface area contributed by atoms with Crippen LogP contribution >= 0.6 is 0 Å². The molecule has 6 rings (SSSR count). The number of rotatable bonds is 9. The molecule has 1 aliphatic heterocycles. The summed E-state index contributed by atoms with van der Waals surface area (Å²) in [5.41, 5.74) is 5.03. The Bertz CT molecular complexity index is 1640. The molecule has 1 atom stereocenters. The molecule has 0 saturated carbocycles. The fraction of sp³-hybridized carbons (Fsp3) is 0.0968. The Morgan fingerprint density at radius 1 is 0.600 bits per heavy atom. The van der Waals surface area contributed by atoms with Crippen molar-refractivity contribution in [2.45, 2.75) is 19.4 Å². The zero-order chi connectivity index (χ0) is 27.1. The molecule has 2 aromatic carbocycles. The first-order valence-corrected chi connectivity index (χ1v) is 12.7. The van der Waals surface area contributed by atoms with E-state index in [4.69, 9.17) is 18.9 Å². The van der Waals surface area contributed by atoms with Crippen LogP contribution in [0, 0.1) is 0 Å². The SMILES string of the molecule is CC1=NNC(c2cccc(Oc3cccc(Oc4cccc(Oc5cccc(Oc6ccccn6)c5)n4)c3)n2)C1. The topological polar surface area (TPSA) is 100.0 Å². The molecule has 0 amide bonds. The summed E-state index contributed by atoms with van der Waals surface area (Å²) in [7, 11) is 0. The van der Waals surface area contributed by atoms with Crippen LogP contribution < -0.4 is 24.4 Å². The molecule has 9 heteroatoms. The number of hydrogen-bond donors (Lipinski definition) is 1. The van der Waals surface area contributed by atoms with Crippen molar-refractivity contribution in [3.63, 3.8) is 0 Å². The van der Waals surface area contributed by atoms with Crippen LogP contribution in [0.4, 0.5) is 0 Å². The maximum absolute atomic E-state index is 6.02. The molecule has 9 nitrogen and oxygen atoms in total. The second-order valence-corrected chi connectivity index (χ2v) is 8.97. The Kier molecular flexibility index (Phi) is 7.17. The molecule has 0 saturated heterocycles. The third kappa shape index (κ3) is 6.33. The molecule has 0 fully saturated rings. The van der Waals surface area contributed by atoms with Crippen molar-refractivity contribution in [3.05, 3.63) is 115 Å². The van der Waals surface area contributed by atoms with Crippen molar-refractivity contribution >= 4 is 5.71 Å². The van der Waals surface area contributed by atoms with Crippen LogP contribution in [0.1, 0.15) is 25.1 Å². The molecule has 1 N–H and O–H groups in total. The number of pyridine rings is 3. The van der Waals surface area contributed by atoms with Crippen molar-refractivity contribution in [1.29, 1.82) is 0 Å². The maximum Gasteiger partial charge on any atom is 0.222 e. The van der Waals surface area contributed by atoms with Gasteiger partial charge < -0.3 is 24.4 Å². The fourth-order valence-corrected chi connectivity index (χ4v) is 4.03.